The van der Waals surface area contributed by atoms with Crippen LogP contribution in [0.2, 0.25) is 5.02 Å². The summed E-state index contributed by atoms with van der Waals surface area (Å²) in [5.74, 6) is 0. The molecule has 0 saturated heterocycles. The van der Waals surface area contributed by atoms with Gasteiger partial charge in [-0.25, -0.2) is 0 Å². The smallest absolute Gasteiger partial charge is 0.0409 e. The van der Waals surface area contributed by atoms with Crippen LogP contribution < -0.4 is 5.32 Å². The van der Waals surface area contributed by atoms with Crippen LogP contribution in [0.4, 0.5) is 0 Å². The summed E-state index contributed by atoms with van der Waals surface area (Å²) in [5, 5.41) is 4.43. The third-order valence-corrected chi connectivity index (χ3v) is 3.17. The lowest BCUT2D eigenvalue weighted by Gasteiger charge is -2.30. The standard InChI is InChI=1S/C12H16ClN/c1-9(14-12-6-3-7-12)10-4-2-5-11(13)8-10/h2,4-5,8-9,12,14H,3,6-7H2,1H3. The minimum Gasteiger partial charge on any atom is -0.307 e. The summed E-state index contributed by atoms with van der Waals surface area (Å²) in [6, 6.07) is 9.24. The molecule has 2 rings (SSSR count). The van der Waals surface area contributed by atoms with Crippen LogP contribution in [0.25, 0.3) is 0 Å². The zero-order chi connectivity index (χ0) is 9.97. The topological polar surface area (TPSA) is 12.0 Å². The van der Waals surface area contributed by atoms with Crippen molar-refractivity contribution in [2.45, 2.75) is 38.3 Å². The first-order chi connectivity index (χ1) is 6.75. The summed E-state index contributed by atoms with van der Waals surface area (Å²) >= 11 is 5.95. The monoisotopic (exact) mass is 209 g/mol. The molecule has 0 radical (unpaired) electrons. The summed E-state index contributed by atoms with van der Waals surface area (Å²) in [6.07, 6.45) is 4.02. The minimum atomic E-state index is 0.416. The first-order valence-electron chi connectivity index (χ1n) is 5.27. The van der Waals surface area contributed by atoms with Gasteiger partial charge in [0.05, 0.1) is 0 Å². The molecule has 1 saturated carbocycles. The highest BCUT2D eigenvalue weighted by Crippen LogP contribution is 2.23. The lowest BCUT2D eigenvalue weighted by molar-refractivity contribution is 0.313. The Morgan fingerprint density at radius 3 is 2.79 bits per heavy atom. The van der Waals surface area contributed by atoms with E-state index in [1.54, 1.807) is 0 Å². The molecule has 0 aromatic heterocycles. The lowest BCUT2D eigenvalue weighted by atomic mass is 9.92. The highest BCUT2D eigenvalue weighted by atomic mass is 35.5. The van der Waals surface area contributed by atoms with E-state index >= 15 is 0 Å². The fourth-order valence-corrected chi connectivity index (χ4v) is 2.00. The highest BCUT2D eigenvalue weighted by molar-refractivity contribution is 6.30. The van der Waals surface area contributed by atoms with Gasteiger partial charge >= 0.3 is 0 Å². The van der Waals surface area contributed by atoms with Crippen LogP contribution in [0, 0.1) is 0 Å². The normalized spacial score (nSPS) is 19.0. The van der Waals surface area contributed by atoms with E-state index in [0.29, 0.717) is 6.04 Å². The first kappa shape index (κ1) is 10.0. The SMILES string of the molecule is CC(NC1CCC1)c1cccc(Cl)c1. The van der Waals surface area contributed by atoms with Crippen LogP contribution in [0.3, 0.4) is 0 Å². The van der Waals surface area contributed by atoms with Crippen molar-refractivity contribution in [3.05, 3.63) is 34.9 Å². The van der Waals surface area contributed by atoms with E-state index in [-0.39, 0.29) is 0 Å². The van der Waals surface area contributed by atoms with E-state index in [9.17, 15) is 0 Å². The largest absolute Gasteiger partial charge is 0.307 e. The quantitative estimate of drug-likeness (QED) is 0.803. The van der Waals surface area contributed by atoms with E-state index < -0.39 is 0 Å². The van der Waals surface area contributed by atoms with Crippen LogP contribution in [-0.2, 0) is 0 Å². The molecule has 0 amide bonds. The van der Waals surface area contributed by atoms with Gasteiger partial charge in [-0.2, -0.15) is 0 Å². The van der Waals surface area contributed by atoms with Gasteiger partial charge in [-0.3, -0.25) is 0 Å². The molecule has 1 aliphatic carbocycles. The highest BCUT2D eigenvalue weighted by Gasteiger charge is 2.19. The number of hydrogen-bond acceptors (Lipinski definition) is 1. The number of benzene rings is 1. The Labute approximate surface area is 90.5 Å². The summed E-state index contributed by atoms with van der Waals surface area (Å²) < 4.78 is 0. The van der Waals surface area contributed by atoms with Crippen molar-refractivity contribution in [3.8, 4) is 0 Å². The maximum absolute atomic E-state index is 5.95. The first-order valence-corrected chi connectivity index (χ1v) is 5.65. The Hall–Kier alpha value is -0.530. The molecule has 1 fully saturated rings. The fraction of sp³-hybridized carbons (Fsp3) is 0.500. The minimum absolute atomic E-state index is 0.416. The molecule has 0 bridgehead atoms. The average Bonchev–Trinajstić information content (AvgIpc) is 2.11. The molecule has 1 aromatic rings. The van der Waals surface area contributed by atoms with Crippen LogP contribution in [-0.4, -0.2) is 6.04 Å². The second kappa shape index (κ2) is 4.33. The van der Waals surface area contributed by atoms with Crippen molar-refractivity contribution in [2.75, 3.05) is 0 Å². The number of rotatable bonds is 3. The zero-order valence-electron chi connectivity index (χ0n) is 8.46. The molecule has 1 unspecified atom stereocenters. The maximum Gasteiger partial charge on any atom is 0.0409 e. The summed E-state index contributed by atoms with van der Waals surface area (Å²) in [4.78, 5) is 0. The Morgan fingerprint density at radius 1 is 1.43 bits per heavy atom. The van der Waals surface area contributed by atoms with Gasteiger partial charge in [-0.15, -0.1) is 0 Å². The molecule has 2 heteroatoms. The van der Waals surface area contributed by atoms with Crippen molar-refractivity contribution in [3.63, 3.8) is 0 Å². The second-order valence-corrected chi connectivity index (χ2v) is 4.51. The van der Waals surface area contributed by atoms with Crippen LogP contribution >= 0.6 is 11.6 Å². The molecular formula is C12H16ClN. The average molecular weight is 210 g/mol. The molecule has 1 atom stereocenters. The van der Waals surface area contributed by atoms with Gasteiger partial charge in [-0.05, 0) is 37.5 Å². The molecule has 1 aliphatic rings. The van der Waals surface area contributed by atoms with Gasteiger partial charge in [-0.1, -0.05) is 30.2 Å². The Bertz CT molecular complexity index is 307. The van der Waals surface area contributed by atoms with Crippen molar-refractivity contribution in [1.82, 2.24) is 5.32 Å². The van der Waals surface area contributed by atoms with Crippen molar-refractivity contribution in [2.24, 2.45) is 0 Å². The summed E-state index contributed by atoms with van der Waals surface area (Å²) in [5.41, 5.74) is 1.28. The van der Waals surface area contributed by atoms with Gasteiger partial charge in [0.25, 0.3) is 0 Å². The van der Waals surface area contributed by atoms with Gasteiger partial charge in [0, 0.05) is 17.1 Å². The summed E-state index contributed by atoms with van der Waals surface area (Å²) in [7, 11) is 0. The lowest BCUT2D eigenvalue weighted by Crippen LogP contribution is -2.36. The van der Waals surface area contributed by atoms with Gasteiger partial charge in [0.2, 0.25) is 0 Å². The van der Waals surface area contributed by atoms with Crippen LogP contribution in [0.15, 0.2) is 24.3 Å². The molecule has 1 nitrogen and oxygen atoms in total. The predicted octanol–water partition coefficient (Wildman–Crippen LogP) is 3.54. The Kier molecular flexibility index (Phi) is 3.09. The van der Waals surface area contributed by atoms with Gasteiger partial charge < -0.3 is 5.32 Å². The molecule has 0 spiro atoms. The number of hydrogen-bond donors (Lipinski definition) is 1. The molecule has 14 heavy (non-hydrogen) atoms. The zero-order valence-corrected chi connectivity index (χ0v) is 9.22. The Morgan fingerprint density at radius 2 is 2.21 bits per heavy atom. The van der Waals surface area contributed by atoms with Crippen LogP contribution in [0.5, 0.6) is 0 Å². The maximum atomic E-state index is 5.95. The Balaban J connectivity index is 1.98. The van der Waals surface area contributed by atoms with E-state index in [1.165, 1.54) is 24.8 Å². The van der Waals surface area contributed by atoms with Gasteiger partial charge in [0.15, 0.2) is 0 Å². The summed E-state index contributed by atoms with van der Waals surface area (Å²) in [6.45, 7) is 2.20. The second-order valence-electron chi connectivity index (χ2n) is 4.07. The predicted molar refractivity (Wildman–Crippen MR) is 60.6 cm³/mol. The number of nitrogens with one attached hydrogen (secondary N) is 1. The van der Waals surface area contributed by atoms with E-state index in [1.807, 2.05) is 18.2 Å². The van der Waals surface area contributed by atoms with E-state index in [4.69, 9.17) is 11.6 Å². The van der Waals surface area contributed by atoms with Gasteiger partial charge in [0.1, 0.15) is 0 Å². The molecule has 0 heterocycles. The van der Waals surface area contributed by atoms with Crippen molar-refractivity contribution >= 4 is 11.6 Å². The van der Waals surface area contributed by atoms with E-state index in [2.05, 4.69) is 18.3 Å². The van der Waals surface area contributed by atoms with E-state index in [0.717, 1.165) is 11.1 Å². The molecule has 1 N–H and O–H groups in total. The number of halogens is 1. The van der Waals surface area contributed by atoms with Crippen LogP contribution in [0.1, 0.15) is 37.8 Å². The molecular weight excluding hydrogens is 194 g/mol. The fourth-order valence-electron chi connectivity index (χ4n) is 1.80. The third-order valence-electron chi connectivity index (χ3n) is 2.94. The van der Waals surface area contributed by atoms with Crippen molar-refractivity contribution < 1.29 is 0 Å². The molecule has 76 valence electrons. The molecule has 1 aromatic carbocycles. The molecule has 0 aliphatic heterocycles. The van der Waals surface area contributed by atoms with Crippen molar-refractivity contribution in [1.29, 1.82) is 0 Å². The third kappa shape index (κ3) is 2.28.